The summed E-state index contributed by atoms with van der Waals surface area (Å²) >= 11 is 0. The van der Waals surface area contributed by atoms with Crippen LogP contribution in [-0.2, 0) is 6.54 Å². The number of furan rings is 1. The molecule has 146 valence electrons. The Labute approximate surface area is 158 Å². The Morgan fingerprint density at radius 2 is 1.81 bits per heavy atom. The summed E-state index contributed by atoms with van der Waals surface area (Å²) in [7, 11) is 0. The van der Waals surface area contributed by atoms with Gasteiger partial charge in [-0.05, 0) is 24.5 Å². The van der Waals surface area contributed by atoms with Gasteiger partial charge in [0.2, 0.25) is 5.43 Å². The van der Waals surface area contributed by atoms with E-state index in [1.807, 2.05) is 20.8 Å². The zero-order valence-corrected chi connectivity index (χ0v) is 16.1. The van der Waals surface area contributed by atoms with Crippen molar-refractivity contribution in [2.24, 2.45) is 5.92 Å². The van der Waals surface area contributed by atoms with Crippen molar-refractivity contribution in [2.75, 3.05) is 13.1 Å². The van der Waals surface area contributed by atoms with Gasteiger partial charge in [-0.1, -0.05) is 27.2 Å². The number of nitrogens with one attached hydrogen (secondary N) is 2. The van der Waals surface area contributed by atoms with E-state index in [-0.39, 0.29) is 17.0 Å². The summed E-state index contributed by atoms with van der Waals surface area (Å²) in [6.45, 7) is 7.19. The van der Waals surface area contributed by atoms with E-state index < -0.39 is 17.2 Å². The zero-order valence-electron chi connectivity index (χ0n) is 16.1. The molecule has 0 spiro atoms. The molecule has 7 nitrogen and oxygen atoms in total. The van der Waals surface area contributed by atoms with Gasteiger partial charge in [0.1, 0.15) is 16.9 Å². The van der Waals surface area contributed by atoms with Gasteiger partial charge < -0.3 is 19.6 Å². The highest BCUT2D eigenvalue weighted by Gasteiger charge is 2.19. The van der Waals surface area contributed by atoms with Gasteiger partial charge in [0, 0.05) is 25.5 Å². The van der Waals surface area contributed by atoms with Crippen LogP contribution >= 0.6 is 0 Å². The van der Waals surface area contributed by atoms with Gasteiger partial charge in [0.25, 0.3) is 11.8 Å². The van der Waals surface area contributed by atoms with Gasteiger partial charge in [-0.15, -0.1) is 0 Å². The molecule has 7 heteroatoms. The van der Waals surface area contributed by atoms with E-state index in [1.54, 1.807) is 23.0 Å². The van der Waals surface area contributed by atoms with E-state index in [0.717, 1.165) is 12.8 Å². The van der Waals surface area contributed by atoms with Gasteiger partial charge in [-0.2, -0.15) is 0 Å². The number of nitrogens with zero attached hydrogens (tertiary/aromatic N) is 1. The lowest BCUT2D eigenvalue weighted by Crippen LogP contribution is -2.36. The number of rotatable bonds is 9. The van der Waals surface area contributed by atoms with Gasteiger partial charge >= 0.3 is 0 Å². The van der Waals surface area contributed by atoms with E-state index in [1.165, 1.54) is 12.4 Å². The van der Waals surface area contributed by atoms with Gasteiger partial charge in [-0.3, -0.25) is 14.4 Å². The number of carbonyl (C=O) groups is 2. The average molecular weight is 373 g/mol. The van der Waals surface area contributed by atoms with Crippen LogP contribution in [0.3, 0.4) is 0 Å². The molecule has 0 saturated carbocycles. The first-order chi connectivity index (χ1) is 12.9. The Hall–Kier alpha value is -2.83. The molecular formula is C20H27N3O4. The number of pyridine rings is 1. The topological polar surface area (TPSA) is 93.3 Å². The second kappa shape index (κ2) is 9.75. The molecule has 0 aliphatic rings. The van der Waals surface area contributed by atoms with Crippen LogP contribution in [0.2, 0.25) is 0 Å². The molecule has 2 aromatic heterocycles. The molecule has 0 bridgehead atoms. The predicted octanol–water partition coefficient (Wildman–Crippen LogP) is 2.41. The molecule has 0 aromatic carbocycles. The number of hydrogen-bond acceptors (Lipinski definition) is 4. The predicted molar refractivity (Wildman–Crippen MR) is 103 cm³/mol. The lowest BCUT2D eigenvalue weighted by Gasteiger charge is -2.12. The molecule has 0 radical (unpaired) electrons. The van der Waals surface area contributed by atoms with E-state index >= 15 is 0 Å². The van der Waals surface area contributed by atoms with Crippen molar-refractivity contribution in [3.8, 4) is 0 Å². The average Bonchev–Trinajstić information content (AvgIpc) is 3.14. The summed E-state index contributed by atoms with van der Waals surface area (Å²) in [6.07, 6.45) is 6.22. The molecule has 0 fully saturated rings. The number of amides is 2. The Morgan fingerprint density at radius 1 is 1.15 bits per heavy atom. The summed E-state index contributed by atoms with van der Waals surface area (Å²) in [4.78, 5) is 37.7. The molecule has 0 atom stereocenters. The minimum absolute atomic E-state index is 0.0464. The number of unbranched alkanes of at least 4 members (excludes halogenated alkanes) is 1. The molecule has 2 rings (SSSR count). The van der Waals surface area contributed by atoms with Crippen molar-refractivity contribution in [2.45, 2.75) is 40.2 Å². The maximum absolute atomic E-state index is 12.7. The highest BCUT2D eigenvalue weighted by Crippen LogP contribution is 2.06. The Bertz CT molecular complexity index is 822. The minimum Gasteiger partial charge on any atom is -0.467 e. The van der Waals surface area contributed by atoms with Crippen LogP contribution in [0.5, 0.6) is 0 Å². The number of carbonyl (C=O) groups excluding carboxylic acids is 2. The molecule has 2 heterocycles. The smallest absolute Gasteiger partial charge is 0.256 e. The minimum atomic E-state index is -0.569. The van der Waals surface area contributed by atoms with Crippen LogP contribution in [0.25, 0.3) is 0 Å². The second-order valence-electron chi connectivity index (χ2n) is 6.88. The first-order valence-corrected chi connectivity index (χ1v) is 9.25. The lowest BCUT2D eigenvalue weighted by molar-refractivity contribution is 0.0946. The third kappa shape index (κ3) is 5.84. The molecule has 2 N–H and O–H groups in total. The Kier molecular flexibility index (Phi) is 7.40. The standard InChI is InChI=1S/C20H27N3O4/c1-4-5-8-21-19(25)16-12-23(11-15-7-6-9-27-15)13-17(18(16)24)20(26)22-10-14(2)3/h6-7,9,12-14H,4-5,8,10-11H2,1-3H3,(H,21,25)(H,22,26). The largest absolute Gasteiger partial charge is 0.467 e. The van der Waals surface area contributed by atoms with Crippen molar-refractivity contribution in [3.05, 3.63) is 57.9 Å². The fourth-order valence-electron chi connectivity index (χ4n) is 2.49. The summed E-state index contributed by atoms with van der Waals surface area (Å²) in [6, 6.07) is 3.55. The fourth-order valence-corrected chi connectivity index (χ4v) is 2.49. The molecule has 0 aliphatic heterocycles. The van der Waals surface area contributed by atoms with Crippen LogP contribution in [-0.4, -0.2) is 29.5 Å². The van der Waals surface area contributed by atoms with E-state index in [9.17, 15) is 14.4 Å². The molecule has 2 amide bonds. The summed E-state index contributed by atoms with van der Waals surface area (Å²) in [5.41, 5.74) is -0.666. The monoisotopic (exact) mass is 373 g/mol. The summed E-state index contributed by atoms with van der Waals surface area (Å²) in [5, 5.41) is 5.47. The van der Waals surface area contributed by atoms with Gasteiger partial charge in [0.15, 0.2) is 0 Å². The van der Waals surface area contributed by atoms with E-state index in [2.05, 4.69) is 10.6 Å². The number of aromatic nitrogens is 1. The van der Waals surface area contributed by atoms with Crippen LogP contribution in [0.4, 0.5) is 0 Å². The Morgan fingerprint density at radius 3 is 2.37 bits per heavy atom. The van der Waals surface area contributed by atoms with Gasteiger partial charge in [0.05, 0.1) is 12.8 Å². The maximum atomic E-state index is 12.7. The first kappa shape index (κ1) is 20.5. The third-order valence-corrected chi connectivity index (χ3v) is 3.97. The maximum Gasteiger partial charge on any atom is 0.256 e. The van der Waals surface area contributed by atoms with Crippen LogP contribution in [0.15, 0.2) is 40.0 Å². The lowest BCUT2D eigenvalue weighted by atomic mass is 10.1. The SMILES string of the molecule is CCCCNC(=O)c1cn(Cc2ccco2)cc(C(=O)NCC(C)C)c1=O. The van der Waals surface area contributed by atoms with Crippen molar-refractivity contribution in [3.63, 3.8) is 0 Å². The molecule has 27 heavy (non-hydrogen) atoms. The Balaban J connectivity index is 2.35. The van der Waals surface area contributed by atoms with Crippen LogP contribution in [0, 0.1) is 5.92 Å². The zero-order chi connectivity index (χ0) is 19.8. The molecule has 2 aromatic rings. The second-order valence-corrected chi connectivity index (χ2v) is 6.88. The molecule has 0 saturated heterocycles. The molecule has 0 unspecified atom stereocenters. The normalized spacial score (nSPS) is 10.8. The van der Waals surface area contributed by atoms with Crippen molar-refractivity contribution < 1.29 is 14.0 Å². The van der Waals surface area contributed by atoms with E-state index in [0.29, 0.717) is 25.4 Å². The van der Waals surface area contributed by atoms with Gasteiger partial charge in [-0.25, -0.2) is 0 Å². The summed E-state index contributed by atoms with van der Waals surface area (Å²) in [5.74, 6) is -0.0467. The fraction of sp³-hybridized carbons (Fsp3) is 0.450. The first-order valence-electron chi connectivity index (χ1n) is 9.25. The third-order valence-electron chi connectivity index (χ3n) is 3.97. The highest BCUT2D eigenvalue weighted by atomic mass is 16.3. The van der Waals surface area contributed by atoms with Crippen molar-refractivity contribution >= 4 is 11.8 Å². The van der Waals surface area contributed by atoms with E-state index in [4.69, 9.17) is 4.42 Å². The van der Waals surface area contributed by atoms with Crippen LogP contribution < -0.4 is 16.1 Å². The molecule has 0 aliphatic carbocycles. The summed E-state index contributed by atoms with van der Waals surface area (Å²) < 4.78 is 6.95. The van der Waals surface area contributed by atoms with Crippen molar-refractivity contribution in [1.82, 2.24) is 15.2 Å². The molecular weight excluding hydrogens is 346 g/mol. The number of hydrogen-bond donors (Lipinski definition) is 2. The highest BCUT2D eigenvalue weighted by molar-refractivity contribution is 5.99. The van der Waals surface area contributed by atoms with Crippen LogP contribution in [0.1, 0.15) is 60.1 Å². The van der Waals surface area contributed by atoms with Crippen molar-refractivity contribution in [1.29, 1.82) is 0 Å². The quantitative estimate of drug-likeness (QED) is 0.660.